The van der Waals surface area contributed by atoms with Crippen LogP contribution in [-0.2, 0) is 4.79 Å². The molecular weight excluding hydrogens is 96.1 g/mol. The molecule has 0 bridgehead atoms. The van der Waals surface area contributed by atoms with Gasteiger partial charge in [0.15, 0.2) is 5.12 Å². The van der Waals surface area contributed by atoms with E-state index >= 15 is 0 Å². The van der Waals surface area contributed by atoms with Crippen molar-refractivity contribution in [3.8, 4) is 0 Å². The van der Waals surface area contributed by atoms with Crippen molar-refractivity contribution in [2.75, 3.05) is 0 Å². The van der Waals surface area contributed by atoms with Gasteiger partial charge in [-0.1, -0.05) is 18.7 Å². The minimum atomic E-state index is 0.150. The van der Waals surface area contributed by atoms with Gasteiger partial charge in [-0.15, -0.1) is 0 Å². The van der Waals surface area contributed by atoms with Gasteiger partial charge in [0.25, 0.3) is 0 Å². The number of thioether (sulfide) groups is 1. The van der Waals surface area contributed by atoms with E-state index in [2.05, 4.69) is 0 Å². The van der Waals surface area contributed by atoms with Crippen LogP contribution in [-0.4, -0.2) is 5.12 Å². The van der Waals surface area contributed by atoms with Crippen molar-refractivity contribution in [2.24, 2.45) is 0 Å². The van der Waals surface area contributed by atoms with Gasteiger partial charge in [0.2, 0.25) is 0 Å². The Morgan fingerprint density at radius 2 is 2.33 bits per heavy atom. The van der Waals surface area contributed by atoms with Gasteiger partial charge < -0.3 is 0 Å². The van der Waals surface area contributed by atoms with Crippen LogP contribution in [0.1, 0.15) is 13.8 Å². The second-order valence-corrected chi connectivity index (χ2v) is 2.13. The molecule has 0 aromatic heterocycles. The lowest BCUT2D eigenvalue weighted by Gasteiger charge is -1.80. The summed E-state index contributed by atoms with van der Waals surface area (Å²) in [6.07, 6.45) is 0. The van der Waals surface area contributed by atoms with Crippen molar-refractivity contribution in [1.29, 1.82) is 0 Å². The van der Waals surface area contributed by atoms with E-state index in [-0.39, 0.29) is 5.12 Å². The Bertz CT molecular complexity index is 51.5. The molecule has 0 aliphatic heterocycles. The molecule has 0 aromatic carbocycles. The molecule has 1 nitrogen and oxygen atoms in total. The number of hydrogen-bond donors (Lipinski definition) is 0. The SMILES string of the molecule is C[CH]SC(C)=O. The Morgan fingerprint density at radius 1 is 1.83 bits per heavy atom. The molecular formula is C4H7OS. The maximum atomic E-state index is 9.98. The van der Waals surface area contributed by atoms with Crippen molar-refractivity contribution in [3.63, 3.8) is 0 Å². The highest BCUT2D eigenvalue weighted by atomic mass is 32.2. The molecule has 0 saturated heterocycles. The highest BCUT2D eigenvalue weighted by Gasteiger charge is 1.84. The lowest BCUT2D eigenvalue weighted by molar-refractivity contribution is -0.109. The first-order valence-electron chi connectivity index (χ1n) is 1.72. The number of carbonyl (C=O) groups is 1. The van der Waals surface area contributed by atoms with E-state index in [4.69, 9.17) is 0 Å². The van der Waals surface area contributed by atoms with Crippen molar-refractivity contribution in [1.82, 2.24) is 0 Å². The first kappa shape index (κ1) is 6.02. The average Bonchev–Trinajstić information content (AvgIpc) is 1.35. The Balaban J connectivity index is 2.83. The quantitative estimate of drug-likeness (QED) is 0.499. The molecule has 0 amide bonds. The van der Waals surface area contributed by atoms with Crippen LogP contribution in [0.5, 0.6) is 0 Å². The summed E-state index contributed by atoms with van der Waals surface area (Å²) in [5.74, 6) is 1.77. The van der Waals surface area contributed by atoms with Crippen molar-refractivity contribution < 1.29 is 4.79 Å². The van der Waals surface area contributed by atoms with Crippen LogP contribution in [0.4, 0.5) is 0 Å². The summed E-state index contributed by atoms with van der Waals surface area (Å²) in [7, 11) is 0. The highest BCUT2D eigenvalue weighted by Crippen LogP contribution is 2.02. The van der Waals surface area contributed by atoms with Crippen LogP contribution in [0, 0.1) is 5.75 Å². The minimum absolute atomic E-state index is 0.150. The van der Waals surface area contributed by atoms with Crippen LogP contribution >= 0.6 is 11.8 Å². The van der Waals surface area contributed by atoms with E-state index in [1.807, 2.05) is 6.92 Å². The molecule has 1 radical (unpaired) electrons. The minimum Gasteiger partial charge on any atom is -0.288 e. The summed E-state index contributed by atoms with van der Waals surface area (Å²) in [6.45, 7) is 3.39. The summed E-state index contributed by atoms with van der Waals surface area (Å²) in [4.78, 5) is 9.98. The Morgan fingerprint density at radius 3 is 2.33 bits per heavy atom. The topological polar surface area (TPSA) is 17.1 Å². The molecule has 0 heterocycles. The van der Waals surface area contributed by atoms with E-state index in [9.17, 15) is 4.79 Å². The molecule has 0 saturated carbocycles. The molecule has 0 rings (SSSR count). The van der Waals surface area contributed by atoms with E-state index < -0.39 is 0 Å². The van der Waals surface area contributed by atoms with E-state index in [1.165, 1.54) is 11.8 Å². The van der Waals surface area contributed by atoms with E-state index in [0.717, 1.165) is 0 Å². The van der Waals surface area contributed by atoms with Crippen molar-refractivity contribution in [2.45, 2.75) is 13.8 Å². The third-order valence-electron chi connectivity index (χ3n) is 0.284. The van der Waals surface area contributed by atoms with Gasteiger partial charge in [-0.25, -0.2) is 0 Å². The Hall–Kier alpha value is 0.0200. The summed E-state index contributed by atoms with van der Waals surface area (Å²) < 4.78 is 0. The molecule has 0 aliphatic carbocycles. The van der Waals surface area contributed by atoms with Gasteiger partial charge in [-0.2, -0.15) is 0 Å². The normalized spacial score (nSPS) is 8.33. The fraction of sp³-hybridized carbons (Fsp3) is 0.500. The fourth-order valence-corrected chi connectivity index (χ4v) is 0.498. The first-order valence-corrected chi connectivity index (χ1v) is 2.60. The summed E-state index contributed by atoms with van der Waals surface area (Å²) in [6, 6.07) is 0. The highest BCUT2D eigenvalue weighted by molar-refractivity contribution is 8.15. The van der Waals surface area contributed by atoms with Crippen molar-refractivity contribution >= 4 is 16.9 Å². The smallest absolute Gasteiger partial charge is 0.186 e. The third-order valence-corrected chi connectivity index (χ3v) is 0.851. The van der Waals surface area contributed by atoms with Crippen molar-refractivity contribution in [3.05, 3.63) is 5.75 Å². The molecule has 35 valence electrons. The Kier molecular flexibility index (Phi) is 3.23. The van der Waals surface area contributed by atoms with Gasteiger partial charge in [0.05, 0.1) is 0 Å². The summed E-state index contributed by atoms with van der Waals surface area (Å²) in [5, 5.41) is 0.150. The number of hydrogen-bond acceptors (Lipinski definition) is 2. The second kappa shape index (κ2) is 3.22. The second-order valence-electron chi connectivity index (χ2n) is 0.845. The van der Waals surface area contributed by atoms with Crippen LogP contribution in [0.3, 0.4) is 0 Å². The van der Waals surface area contributed by atoms with Gasteiger partial charge in [-0.3, -0.25) is 4.79 Å². The standard InChI is InChI=1S/C4H7OS/c1-3-6-4(2)5/h3H,1-2H3. The largest absolute Gasteiger partial charge is 0.288 e. The fourth-order valence-electron chi connectivity index (χ4n) is 0.166. The average molecular weight is 103 g/mol. The van der Waals surface area contributed by atoms with Gasteiger partial charge in [0.1, 0.15) is 0 Å². The maximum absolute atomic E-state index is 9.98. The maximum Gasteiger partial charge on any atom is 0.186 e. The van der Waals surface area contributed by atoms with E-state index in [0.29, 0.717) is 0 Å². The zero-order valence-electron chi connectivity index (χ0n) is 3.89. The number of carbonyl (C=O) groups excluding carboxylic acids is 1. The predicted octanol–water partition coefficient (Wildman–Crippen LogP) is 1.45. The molecule has 0 unspecified atom stereocenters. The van der Waals surface area contributed by atoms with E-state index in [1.54, 1.807) is 12.7 Å². The third kappa shape index (κ3) is 4.02. The molecule has 0 aliphatic rings. The summed E-state index contributed by atoms with van der Waals surface area (Å²) in [5.41, 5.74) is 0. The Labute approximate surface area is 42.1 Å². The number of rotatable bonds is 1. The molecule has 0 N–H and O–H groups in total. The summed E-state index contributed by atoms with van der Waals surface area (Å²) >= 11 is 1.22. The molecule has 0 aromatic rings. The van der Waals surface area contributed by atoms with Crippen LogP contribution < -0.4 is 0 Å². The predicted molar refractivity (Wildman–Crippen MR) is 28.2 cm³/mol. The lowest BCUT2D eigenvalue weighted by Crippen LogP contribution is -1.74. The zero-order chi connectivity index (χ0) is 4.99. The molecule has 0 atom stereocenters. The molecule has 0 fully saturated rings. The lowest BCUT2D eigenvalue weighted by atomic mass is 10.9. The van der Waals surface area contributed by atoms with Crippen LogP contribution in [0.25, 0.3) is 0 Å². The monoisotopic (exact) mass is 103 g/mol. The zero-order valence-corrected chi connectivity index (χ0v) is 4.71. The van der Waals surface area contributed by atoms with Crippen LogP contribution in [0.15, 0.2) is 0 Å². The molecule has 2 heteroatoms. The van der Waals surface area contributed by atoms with Gasteiger partial charge >= 0.3 is 0 Å². The molecule has 6 heavy (non-hydrogen) atoms. The van der Waals surface area contributed by atoms with Crippen LogP contribution in [0.2, 0.25) is 0 Å². The molecule has 0 spiro atoms. The van der Waals surface area contributed by atoms with Gasteiger partial charge in [-0.05, 0) is 0 Å². The van der Waals surface area contributed by atoms with Gasteiger partial charge in [0, 0.05) is 12.7 Å². The first-order chi connectivity index (χ1) is 2.77.